The van der Waals surface area contributed by atoms with Crippen molar-refractivity contribution in [3.63, 3.8) is 0 Å². The van der Waals surface area contributed by atoms with Gasteiger partial charge in [0.25, 0.3) is 9.84 Å². The summed E-state index contributed by atoms with van der Waals surface area (Å²) in [5, 5.41) is 16.4. The molecule has 0 amide bonds. The van der Waals surface area contributed by atoms with Crippen molar-refractivity contribution >= 4 is 15.5 Å². The molecule has 0 spiro atoms. The molecule has 10 heteroatoms. The van der Waals surface area contributed by atoms with Crippen molar-refractivity contribution in [1.29, 1.82) is 0 Å². The normalized spacial score (nSPS) is 13.8. The molecule has 0 aliphatic carbocycles. The van der Waals surface area contributed by atoms with Crippen molar-refractivity contribution in [2.45, 2.75) is 16.5 Å². The van der Waals surface area contributed by atoms with E-state index >= 15 is 0 Å². The van der Waals surface area contributed by atoms with Crippen molar-refractivity contribution in [1.82, 2.24) is 9.78 Å². The second kappa shape index (κ2) is 6.20. The number of aromatic nitrogens is 2. The molecule has 1 heterocycles. The fraction of sp³-hybridized carbons (Fsp3) is 0.308. The smallest absolute Gasteiger partial charge is 0.386 e. The molecule has 0 saturated carbocycles. The van der Waals surface area contributed by atoms with E-state index in [2.05, 4.69) is 10.4 Å². The van der Waals surface area contributed by atoms with Crippen LogP contribution in [0.25, 0.3) is 0 Å². The molecular formula is C13H14F3N3O3S. The quantitative estimate of drug-likeness (QED) is 0.861. The Labute approximate surface area is 130 Å². The molecule has 6 nitrogen and oxygen atoms in total. The fourth-order valence-electron chi connectivity index (χ4n) is 1.91. The first kappa shape index (κ1) is 17.3. The Kier molecular flexibility index (Phi) is 4.66. The van der Waals surface area contributed by atoms with Crippen LogP contribution in [0, 0.1) is 0 Å². The zero-order valence-electron chi connectivity index (χ0n) is 11.9. The van der Waals surface area contributed by atoms with Crippen LogP contribution in [-0.4, -0.2) is 35.4 Å². The number of rotatable bonds is 5. The lowest BCUT2D eigenvalue weighted by Gasteiger charge is -2.16. The molecule has 0 saturated heterocycles. The lowest BCUT2D eigenvalue weighted by Crippen LogP contribution is -2.24. The van der Waals surface area contributed by atoms with Gasteiger partial charge in [-0.05, 0) is 12.1 Å². The molecule has 0 bridgehead atoms. The van der Waals surface area contributed by atoms with Crippen LogP contribution in [0.15, 0.2) is 41.6 Å². The third-order valence-corrected chi connectivity index (χ3v) is 4.62. The predicted octanol–water partition coefficient (Wildman–Crippen LogP) is 1.86. The molecule has 1 atom stereocenters. The number of halogens is 3. The van der Waals surface area contributed by atoms with E-state index in [1.54, 1.807) is 13.2 Å². The first-order valence-electron chi connectivity index (χ1n) is 6.44. The summed E-state index contributed by atoms with van der Waals surface area (Å²) in [5.41, 5.74) is -5.17. The molecule has 1 unspecified atom stereocenters. The Hall–Kier alpha value is -2.07. The molecule has 0 aliphatic rings. The number of aliphatic hydroxyl groups excluding tert-OH is 1. The van der Waals surface area contributed by atoms with Crippen LogP contribution in [0.3, 0.4) is 0 Å². The third-order valence-electron chi connectivity index (χ3n) is 3.08. The Morgan fingerprint density at radius 2 is 2.00 bits per heavy atom. The van der Waals surface area contributed by atoms with E-state index in [0.717, 1.165) is 6.07 Å². The van der Waals surface area contributed by atoms with Crippen molar-refractivity contribution in [2.75, 3.05) is 11.9 Å². The first-order valence-corrected chi connectivity index (χ1v) is 7.92. The number of nitrogens with zero attached hydrogens (tertiary/aromatic N) is 2. The lowest BCUT2D eigenvalue weighted by molar-refractivity contribution is -0.0435. The molecule has 1 aromatic heterocycles. The molecule has 2 N–H and O–H groups in total. The minimum Gasteiger partial charge on any atom is -0.386 e. The van der Waals surface area contributed by atoms with Gasteiger partial charge in [0.15, 0.2) is 0 Å². The van der Waals surface area contributed by atoms with Gasteiger partial charge in [-0.1, -0.05) is 12.1 Å². The third kappa shape index (κ3) is 3.64. The van der Waals surface area contributed by atoms with Gasteiger partial charge in [0, 0.05) is 25.4 Å². The maximum Gasteiger partial charge on any atom is 0.501 e. The molecule has 23 heavy (non-hydrogen) atoms. The largest absolute Gasteiger partial charge is 0.501 e. The highest BCUT2D eigenvalue weighted by Crippen LogP contribution is 2.34. The van der Waals surface area contributed by atoms with Crippen molar-refractivity contribution in [3.8, 4) is 0 Å². The van der Waals surface area contributed by atoms with Crippen LogP contribution in [0.1, 0.15) is 11.7 Å². The predicted molar refractivity (Wildman–Crippen MR) is 76.3 cm³/mol. The van der Waals surface area contributed by atoms with E-state index < -0.39 is 26.3 Å². The van der Waals surface area contributed by atoms with Crippen LogP contribution >= 0.6 is 0 Å². The molecule has 0 aliphatic heterocycles. The van der Waals surface area contributed by atoms with Gasteiger partial charge in [-0.15, -0.1) is 0 Å². The fourth-order valence-corrected chi connectivity index (χ4v) is 2.85. The van der Waals surface area contributed by atoms with E-state index in [-0.39, 0.29) is 12.2 Å². The minimum absolute atomic E-state index is 0.171. The number of anilines is 1. The van der Waals surface area contributed by atoms with Crippen LogP contribution in [0.4, 0.5) is 18.9 Å². The summed E-state index contributed by atoms with van der Waals surface area (Å²) in [6, 6.07) is 4.66. The highest BCUT2D eigenvalue weighted by atomic mass is 32.2. The second-order valence-corrected chi connectivity index (χ2v) is 6.70. The van der Waals surface area contributed by atoms with Gasteiger partial charge < -0.3 is 10.4 Å². The summed E-state index contributed by atoms with van der Waals surface area (Å²) in [6.45, 7) is -0.171. The van der Waals surface area contributed by atoms with E-state index in [0.29, 0.717) is 5.56 Å². The standard InChI is InChI=1S/C13H14F3N3O3S/c1-19-8-9(6-18-19)11(20)7-17-10-4-2-3-5-12(10)23(21,22)13(14,15)16/h2-6,8,11,17,20H,7H2,1H3. The van der Waals surface area contributed by atoms with Crippen molar-refractivity contribution < 1.29 is 26.7 Å². The van der Waals surface area contributed by atoms with Gasteiger partial charge >= 0.3 is 5.51 Å². The van der Waals surface area contributed by atoms with Gasteiger partial charge in [0.1, 0.15) is 0 Å². The SMILES string of the molecule is Cn1cc(C(O)CNc2ccccc2S(=O)(=O)C(F)(F)F)cn1. The first-order chi connectivity index (χ1) is 10.6. The van der Waals surface area contributed by atoms with Gasteiger partial charge in [0.2, 0.25) is 0 Å². The van der Waals surface area contributed by atoms with Gasteiger partial charge in [0.05, 0.1) is 22.9 Å². The maximum absolute atomic E-state index is 12.7. The average molecular weight is 349 g/mol. The molecule has 2 rings (SSSR count). The molecule has 126 valence electrons. The Morgan fingerprint density at radius 3 is 2.57 bits per heavy atom. The topological polar surface area (TPSA) is 84.2 Å². The molecule has 2 aromatic rings. The summed E-state index contributed by atoms with van der Waals surface area (Å²) in [5.74, 6) is 0. The van der Waals surface area contributed by atoms with E-state index in [4.69, 9.17) is 0 Å². The molecule has 0 fully saturated rings. The highest BCUT2D eigenvalue weighted by molar-refractivity contribution is 7.92. The number of hydrogen-bond donors (Lipinski definition) is 2. The number of aryl methyl sites for hydroxylation is 1. The van der Waals surface area contributed by atoms with E-state index in [9.17, 15) is 26.7 Å². The number of alkyl halides is 3. The second-order valence-electron chi connectivity index (χ2n) is 4.79. The monoisotopic (exact) mass is 349 g/mol. The zero-order chi connectivity index (χ0) is 17.3. The van der Waals surface area contributed by atoms with E-state index in [1.807, 2.05) is 0 Å². The van der Waals surface area contributed by atoms with Crippen molar-refractivity contribution in [3.05, 3.63) is 42.2 Å². The Morgan fingerprint density at radius 1 is 1.35 bits per heavy atom. The number of benzene rings is 1. The van der Waals surface area contributed by atoms with Gasteiger partial charge in [-0.3, -0.25) is 4.68 Å². The lowest BCUT2D eigenvalue weighted by atomic mass is 10.2. The van der Waals surface area contributed by atoms with Gasteiger partial charge in [-0.2, -0.15) is 18.3 Å². The van der Waals surface area contributed by atoms with Crippen LogP contribution < -0.4 is 5.32 Å². The molecular weight excluding hydrogens is 335 g/mol. The highest BCUT2D eigenvalue weighted by Gasteiger charge is 2.47. The summed E-state index contributed by atoms with van der Waals surface area (Å²) in [6.07, 6.45) is 1.90. The zero-order valence-corrected chi connectivity index (χ0v) is 12.8. The van der Waals surface area contributed by atoms with Gasteiger partial charge in [-0.25, -0.2) is 8.42 Å². The number of para-hydroxylation sites is 1. The van der Waals surface area contributed by atoms with Crippen molar-refractivity contribution in [2.24, 2.45) is 7.05 Å². The minimum atomic E-state index is -5.48. The number of nitrogens with one attached hydrogen (secondary N) is 1. The summed E-state index contributed by atoms with van der Waals surface area (Å²) in [4.78, 5) is -0.883. The van der Waals surface area contributed by atoms with Crippen LogP contribution in [0.2, 0.25) is 0 Å². The number of hydrogen-bond acceptors (Lipinski definition) is 5. The van der Waals surface area contributed by atoms with E-state index in [1.165, 1.54) is 29.1 Å². The number of sulfone groups is 1. The molecule has 0 radical (unpaired) electrons. The number of aliphatic hydroxyl groups is 1. The summed E-state index contributed by atoms with van der Waals surface area (Å²) >= 11 is 0. The summed E-state index contributed by atoms with van der Waals surface area (Å²) < 4.78 is 62.6. The maximum atomic E-state index is 12.7. The summed E-state index contributed by atoms with van der Waals surface area (Å²) in [7, 11) is -3.83. The van der Waals surface area contributed by atoms with Crippen LogP contribution in [-0.2, 0) is 16.9 Å². The molecule has 1 aromatic carbocycles. The average Bonchev–Trinajstić information content (AvgIpc) is 2.90. The Bertz CT molecular complexity index is 787. The van der Waals surface area contributed by atoms with Crippen LogP contribution in [0.5, 0.6) is 0 Å². The Balaban J connectivity index is 2.22.